The van der Waals surface area contributed by atoms with Gasteiger partial charge in [-0.2, -0.15) is 0 Å². The minimum absolute atomic E-state index is 0.0438. The molecule has 2 nitrogen and oxygen atoms in total. The molecule has 0 radical (unpaired) electrons. The zero-order valence-electron chi connectivity index (χ0n) is 28.2. The van der Waals surface area contributed by atoms with Gasteiger partial charge in [0.2, 0.25) is 0 Å². The second-order valence-electron chi connectivity index (χ2n) is 14.9. The van der Waals surface area contributed by atoms with E-state index in [1.807, 2.05) is 0 Å². The van der Waals surface area contributed by atoms with E-state index in [0.29, 0.717) is 6.04 Å². The van der Waals surface area contributed by atoms with Crippen LogP contribution in [0.4, 0.5) is 0 Å². The van der Waals surface area contributed by atoms with Crippen LogP contribution in [0.5, 0.6) is 0 Å². The molecule has 1 unspecified atom stereocenters. The molecule has 1 aliphatic heterocycles. The molecule has 234 valence electrons. The summed E-state index contributed by atoms with van der Waals surface area (Å²) in [5.74, 6) is 0.888. The van der Waals surface area contributed by atoms with Crippen molar-refractivity contribution in [3.8, 4) is 0 Å². The maximum absolute atomic E-state index is 7.62. The normalized spacial score (nSPS) is 21.9. The average Bonchev–Trinajstić information content (AvgIpc) is 3.70. The average molecular weight is 697 g/mol. The summed E-state index contributed by atoms with van der Waals surface area (Å²) in [5.41, 5.74) is 0. The van der Waals surface area contributed by atoms with E-state index in [9.17, 15) is 0 Å². The molecule has 0 N–H and O–H groups in total. The molecule has 4 rings (SSSR count). The van der Waals surface area contributed by atoms with Crippen molar-refractivity contribution >= 4 is 37.1 Å². The zero-order chi connectivity index (χ0) is 30.1. The molecule has 2 aromatic carbocycles. The molecule has 3 atom stereocenters. The first kappa shape index (κ1) is 34.3. The van der Waals surface area contributed by atoms with Crippen LogP contribution in [0.3, 0.4) is 0 Å². The Hall–Kier alpha value is -0.624. The van der Waals surface area contributed by atoms with Crippen molar-refractivity contribution < 1.29 is 4.43 Å². The van der Waals surface area contributed by atoms with Crippen LogP contribution in [0.15, 0.2) is 60.7 Å². The first-order chi connectivity index (χ1) is 20.3. The molecule has 0 amide bonds. The number of unbranched alkanes of at least 4 members (excludes halogenated alkanes) is 3. The van der Waals surface area contributed by atoms with Crippen molar-refractivity contribution in [2.75, 3.05) is 11.2 Å². The molecule has 0 bridgehead atoms. The van der Waals surface area contributed by atoms with E-state index in [4.69, 9.17) is 4.43 Å². The summed E-state index contributed by atoms with van der Waals surface area (Å²) < 4.78 is 14.0. The molecule has 42 heavy (non-hydrogen) atoms. The standard InChI is InChI=1S/C26H36NOSi.3C4H9.Sn/c1-26(2,3)29(22-16-10-6-11-17-22,23-18-12-7-13-19-23)28-20-24-25(27(24)4)21-14-8-5-9-15-21;3*1-3-4-2;/h6-7,10-13,16-19,21,24-25H,4-5,8-9,14-15,20H2,1-3H3;3*1,3-4H2,2H3;/t24-,25-,27?;;;;/m0..../s1. The number of benzene rings is 2. The van der Waals surface area contributed by atoms with Gasteiger partial charge >= 0.3 is 267 Å². The Morgan fingerprint density at radius 3 is 1.64 bits per heavy atom. The summed E-state index contributed by atoms with van der Waals surface area (Å²) >= 11 is -2.30. The summed E-state index contributed by atoms with van der Waals surface area (Å²) in [5, 5.41) is 2.89. The van der Waals surface area contributed by atoms with E-state index < -0.39 is 26.7 Å². The van der Waals surface area contributed by atoms with Crippen molar-refractivity contribution in [3.05, 3.63) is 60.7 Å². The summed E-state index contributed by atoms with van der Waals surface area (Å²) in [6.45, 7) is 15.5. The second-order valence-corrected chi connectivity index (χ2v) is 33.0. The fourth-order valence-corrected chi connectivity index (χ4v) is 29.5. The van der Waals surface area contributed by atoms with Crippen molar-refractivity contribution in [1.82, 2.24) is 4.90 Å². The Kier molecular flexibility index (Phi) is 13.1. The van der Waals surface area contributed by atoms with Gasteiger partial charge in [-0.15, -0.1) is 0 Å². The Bertz CT molecular complexity index is 971. The van der Waals surface area contributed by atoms with E-state index in [2.05, 4.69) is 107 Å². The summed E-state index contributed by atoms with van der Waals surface area (Å²) in [6.07, 6.45) is 15.7. The molecule has 2 aliphatic rings. The number of hydrogen-bond donors (Lipinski definition) is 0. The van der Waals surface area contributed by atoms with Crippen LogP contribution in [0.25, 0.3) is 0 Å². The molecule has 1 saturated heterocycles. The first-order valence-corrected chi connectivity index (χ1v) is 27.8. The third-order valence-corrected chi connectivity index (χ3v) is 30.9. The minimum atomic E-state index is -2.51. The summed E-state index contributed by atoms with van der Waals surface area (Å²) in [4.78, 5) is 3.07. The van der Waals surface area contributed by atoms with Gasteiger partial charge in [-0.1, -0.05) is 0 Å². The van der Waals surface area contributed by atoms with E-state index >= 15 is 0 Å². The van der Waals surface area contributed by atoms with Crippen molar-refractivity contribution in [2.45, 2.75) is 143 Å². The first-order valence-electron chi connectivity index (χ1n) is 17.8. The van der Waals surface area contributed by atoms with Gasteiger partial charge in [-0.05, 0) is 0 Å². The molecular weight excluding hydrogens is 633 g/mol. The van der Waals surface area contributed by atoms with Crippen molar-refractivity contribution in [3.63, 3.8) is 0 Å². The Labute approximate surface area is 265 Å². The van der Waals surface area contributed by atoms with E-state index in [1.54, 1.807) is 13.3 Å². The van der Waals surface area contributed by atoms with Crippen LogP contribution in [0.1, 0.15) is 112 Å². The van der Waals surface area contributed by atoms with Crippen molar-refractivity contribution in [2.24, 2.45) is 5.92 Å². The Balaban J connectivity index is 1.66. The third-order valence-electron chi connectivity index (χ3n) is 10.8. The predicted octanol–water partition coefficient (Wildman–Crippen LogP) is 9.58. The van der Waals surface area contributed by atoms with Crippen LogP contribution in [0.2, 0.25) is 18.3 Å². The van der Waals surface area contributed by atoms with Crippen LogP contribution in [0, 0.1) is 5.92 Å². The van der Waals surface area contributed by atoms with Crippen molar-refractivity contribution in [1.29, 1.82) is 0 Å². The van der Waals surface area contributed by atoms with Gasteiger partial charge in [-0.25, -0.2) is 0 Å². The van der Waals surface area contributed by atoms with Gasteiger partial charge in [-0.3, -0.25) is 0 Å². The molecule has 2 fully saturated rings. The molecule has 1 heterocycles. The second kappa shape index (κ2) is 16.1. The van der Waals surface area contributed by atoms with Gasteiger partial charge in [0.1, 0.15) is 0 Å². The fraction of sp³-hybridized carbons (Fsp3) is 0.684. The summed E-state index contributed by atoms with van der Waals surface area (Å²) in [6, 6.07) is 24.0. The van der Waals surface area contributed by atoms with Gasteiger partial charge in [0, 0.05) is 0 Å². The van der Waals surface area contributed by atoms with Gasteiger partial charge in [0.25, 0.3) is 0 Å². The number of nitrogens with zero attached hydrogens (tertiary/aromatic N) is 1. The predicted molar refractivity (Wildman–Crippen MR) is 189 cm³/mol. The van der Waals surface area contributed by atoms with Crippen LogP contribution in [-0.4, -0.2) is 54.8 Å². The van der Waals surface area contributed by atoms with E-state index in [0.717, 1.165) is 18.6 Å². The van der Waals surface area contributed by atoms with Crippen LogP contribution < -0.4 is 10.4 Å². The monoisotopic (exact) mass is 697 g/mol. The number of rotatable bonds is 17. The molecule has 0 spiro atoms. The van der Waals surface area contributed by atoms with Gasteiger partial charge in [0.15, 0.2) is 0 Å². The topological polar surface area (TPSA) is 12.2 Å². The molecule has 4 heteroatoms. The maximum atomic E-state index is 7.62. The summed E-state index contributed by atoms with van der Waals surface area (Å²) in [7, 11) is -2.51. The molecular formula is C38H63NOSiSn. The third kappa shape index (κ3) is 8.15. The van der Waals surface area contributed by atoms with Crippen LogP contribution in [-0.2, 0) is 4.43 Å². The van der Waals surface area contributed by atoms with E-state index in [-0.39, 0.29) is 5.04 Å². The molecule has 1 saturated carbocycles. The number of hydrogen-bond acceptors (Lipinski definition) is 2. The molecule has 1 aliphatic carbocycles. The van der Waals surface area contributed by atoms with Gasteiger partial charge in [0.05, 0.1) is 0 Å². The van der Waals surface area contributed by atoms with Gasteiger partial charge < -0.3 is 0 Å². The molecule has 0 aromatic heterocycles. The molecule has 2 aromatic rings. The Morgan fingerprint density at radius 1 is 0.738 bits per heavy atom. The fourth-order valence-electron chi connectivity index (χ4n) is 8.46. The quantitative estimate of drug-likeness (QED) is 0.121. The van der Waals surface area contributed by atoms with E-state index in [1.165, 1.54) is 85.6 Å². The zero-order valence-corrected chi connectivity index (χ0v) is 32.0. The Morgan fingerprint density at radius 2 is 1.21 bits per heavy atom. The SMILES string of the molecule is CCC[CH2][Sn]([CH2]CCC)([CH2]CCC)[CH2]N1[C@@H](CO[Si](c2ccccc2)(c2ccccc2)C(C)(C)C)[C@@H]1C1CCCCC1. The van der Waals surface area contributed by atoms with Crippen LogP contribution >= 0.6 is 0 Å².